The predicted octanol–water partition coefficient (Wildman–Crippen LogP) is 4.10. The summed E-state index contributed by atoms with van der Waals surface area (Å²) >= 11 is 0. The van der Waals surface area contributed by atoms with Gasteiger partial charge in [-0.3, -0.25) is 19.7 Å². The molecule has 6 rings (SSSR count). The first kappa shape index (κ1) is 22.8. The van der Waals surface area contributed by atoms with E-state index in [0.717, 1.165) is 23.4 Å². The van der Waals surface area contributed by atoms with Crippen molar-refractivity contribution in [3.8, 4) is 11.5 Å². The molecule has 180 valence electrons. The maximum absolute atomic E-state index is 12.9. The van der Waals surface area contributed by atoms with Crippen molar-refractivity contribution in [3.05, 3.63) is 75.9 Å². The van der Waals surface area contributed by atoms with Crippen molar-refractivity contribution in [3.63, 3.8) is 0 Å². The molecule has 2 aromatic carbocycles. The molecule has 35 heavy (non-hydrogen) atoms. The third-order valence-corrected chi connectivity index (χ3v) is 6.87. The summed E-state index contributed by atoms with van der Waals surface area (Å²) in [7, 11) is 0. The molecule has 1 aliphatic heterocycles. The average molecular weight is 476 g/mol. The zero-order valence-electron chi connectivity index (χ0n) is 19.2. The van der Waals surface area contributed by atoms with E-state index in [0.29, 0.717) is 23.7 Å². The largest absolute Gasteiger partial charge is 0.490 e. The molecular weight excluding hydrogens is 450 g/mol. The van der Waals surface area contributed by atoms with Crippen molar-refractivity contribution >= 4 is 23.7 Å². The second-order valence-corrected chi connectivity index (χ2v) is 8.93. The number of hydrogen-bond donors (Lipinski definition) is 0. The topological polar surface area (TPSA) is 111 Å². The molecule has 0 unspecified atom stereocenters. The van der Waals surface area contributed by atoms with Crippen LogP contribution in [0, 0.1) is 33.8 Å². The number of nitrogens with zero attached hydrogens (tertiary/aromatic N) is 3. The zero-order valence-corrected chi connectivity index (χ0v) is 19.2. The van der Waals surface area contributed by atoms with Crippen LogP contribution < -0.4 is 9.47 Å². The minimum absolute atomic E-state index is 0.0190. The first-order valence-corrected chi connectivity index (χ1v) is 11.7. The number of rotatable bonds is 8. The lowest BCUT2D eigenvalue weighted by molar-refractivity contribution is -0.384. The standard InChI is InChI=1S/C26H25N3O6/c1-2-34-22-13-17(5-12-21(22)35-15-16-3-10-20(11-4-16)29(32)33)14-27-28-25(30)23-18-6-7-19(9-8-18)24(23)26(28)31/h3-7,10-14,18-19,23-24H,2,8-9,15H2,1H3/b27-14-/t18-,19+,23-,24+. The van der Waals surface area contributed by atoms with E-state index in [9.17, 15) is 19.7 Å². The van der Waals surface area contributed by atoms with E-state index >= 15 is 0 Å². The van der Waals surface area contributed by atoms with Gasteiger partial charge in [0, 0.05) is 12.1 Å². The summed E-state index contributed by atoms with van der Waals surface area (Å²) in [5.74, 6) is 0.219. The van der Waals surface area contributed by atoms with E-state index in [4.69, 9.17) is 9.47 Å². The molecule has 0 N–H and O–H groups in total. The third-order valence-electron chi connectivity index (χ3n) is 6.87. The zero-order chi connectivity index (χ0) is 24.5. The fourth-order valence-corrected chi connectivity index (χ4v) is 5.16. The number of benzene rings is 2. The van der Waals surface area contributed by atoms with Gasteiger partial charge in [0.15, 0.2) is 11.5 Å². The van der Waals surface area contributed by atoms with Gasteiger partial charge in [-0.25, -0.2) is 0 Å². The van der Waals surface area contributed by atoms with Crippen LogP contribution >= 0.6 is 0 Å². The van der Waals surface area contributed by atoms with E-state index < -0.39 is 4.92 Å². The molecule has 4 atom stereocenters. The molecule has 0 radical (unpaired) electrons. The van der Waals surface area contributed by atoms with Gasteiger partial charge in [-0.15, -0.1) is 0 Å². The Balaban J connectivity index is 1.29. The molecule has 2 fully saturated rings. The first-order valence-electron chi connectivity index (χ1n) is 11.7. The summed E-state index contributed by atoms with van der Waals surface area (Å²) in [4.78, 5) is 36.2. The van der Waals surface area contributed by atoms with Crippen LogP contribution in [-0.2, 0) is 16.2 Å². The van der Waals surface area contributed by atoms with E-state index in [2.05, 4.69) is 17.3 Å². The maximum Gasteiger partial charge on any atom is 0.269 e. The number of hydrazone groups is 1. The Morgan fingerprint density at radius 2 is 1.66 bits per heavy atom. The highest BCUT2D eigenvalue weighted by Gasteiger charge is 2.56. The van der Waals surface area contributed by atoms with Gasteiger partial charge >= 0.3 is 0 Å². The van der Waals surface area contributed by atoms with Crippen molar-refractivity contribution < 1.29 is 24.0 Å². The Labute approximate surface area is 202 Å². The van der Waals surface area contributed by atoms with E-state index in [1.54, 1.807) is 30.3 Å². The number of non-ortho nitro benzene ring substituents is 1. The second kappa shape index (κ2) is 9.32. The Hall–Kier alpha value is -4.01. The highest BCUT2D eigenvalue weighted by molar-refractivity contribution is 6.06. The minimum Gasteiger partial charge on any atom is -0.490 e. The van der Waals surface area contributed by atoms with Crippen LogP contribution in [0.5, 0.6) is 11.5 Å². The molecule has 9 nitrogen and oxygen atoms in total. The lowest BCUT2D eigenvalue weighted by Crippen LogP contribution is -2.38. The number of nitro groups is 1. The third kappa shape index (κ3) is 4.29. The van der Waals surface area contributed by atoms with Gasteiger partial charge in [-0.05, 0) is 73.1 Å². The molecule has 2 amide bonds. The number of imide groups is 1. The van der Waals surface area contributed by atoms with Crippen LogP contribution in [0.25, 0.3) is 0 Å². The smallest absolute Gasteiger partial charge is 0.269 e. The first-order chi connectivity index (χ1) is 17.0. The van der Waals surface area contributed by atoms with Gasteiger partial charge < -0.3 is 9.47 Å². The molecule has 1 saturated heterocycles. The van der Waals surface area contributed by atoms with Gasteiger partial charge in [0.05, 0.1) is 29.6 Å². The van der Waals surface area contributed by atoms with E-state index in [1.165, 1.54) is 18.3 Å². The maximum atomic E-state index is 12.9. The Kier molecular flexibility index (Phi) is 6.07. The lowest BCUT2D eigenvalue weighted by atomic mass is 9.63. The minimum atomic E-state index is -0.448. The van der Waals surface area contributed by atoms with Crippen LogP contribution in [0.3, 0.4) is 0 Å². The van der Waals surface area contributed by atoms with Gasteiger partial charge in [0.25, 0.3) is 17.5 Å². The van der Waals surface area contributed by atoms with Crippen LogP contribution in [0.2, 0.25) is 0 Å². The summed E-state index contributed by atoms with van der Waals surface area (Å²) in [5, 5.41) is 16.1. The average Bonchev–Trinajstić information content (AvgIpc) is 3.15. The fraction of sp³-hybridized carbons (Fsp3) is 0.346. The number of fused-ring (bicyclic) bond motifs is 1. The Morgan fingerprint density at radius 1 is 1.00 bits per heavy atom. The van der Waals surface area contributed by atoms with Crippen molar-refractivity contribution in [2.45, 2.75) is 26.4 Å². The normalized spacial score (nSPS) is 24.8. The van der Waals surface area contributed by atoms with Gasteiger partial charge in [-0.2, -0.15) is 10.1 Å². The monoisotopic (exact) mass is 475 g/mol. The van der Waals surface area contributed by atoms with Crippen LogP contribution in [-0.4, -0.2) is 34.6 Å². The summed E-state index contributed by atoms with van der Waals surface area (Å²) < 4.78 is 11.6. The molecule has 1 heterocycles. The summed E-state index contributed by atoms with van der Waals surface area (Å²) in [6.45, 7) is 2.48. The lowest BCUT2D eigenvalue weighted by Gasteiger charge is -2.37. The SMILES string of the molecule is CCOc1cc(/C=N\N2C(=O)[C@@H]3[C@H](C2=O)[C@@H]2C=C[C@H]3CC2)ccc1OCc1ccc([N+](=O)[O-])cc1. The van der Waals surface area contributed by atoms with E-state index in [1.807, 2.05) is 6.92 Å². The van der Waals surface area contributed by atoms with Crippen molar-refractivity contribution in [2.24, 2.45) is 28.8 Å². The van der Waals surface area contributed by atoms with Gasteiger partial charge in [0.2, 0.25) is 0 Å². The number of hydrogen-bond acceptors (Lipinski definition) is 7. The molecule has 0 aromatic heterocycles. The quantitative estimate of drug-likeness (QED) is 0.187. The van der Waals surface area contributed by atoms with Gasteiger partial charge in [0.1, 0.15) is 6.61 Å². The molecule has 9 heteroatoms. The van der Waals surface area contributed by atoms with E-state index in [-0.39, 0.29) is 47.8 Å². The van der Waals surface area contributed by atoms with Gasteiger partial charge in [-0.1, -0.05) is 12.2 Å². The Morgan fingerprint density at radius 3 is 2.23 bits per heavy atom. The number of carbonyl (C=O) groups is 2. The molecule has 2 aromatic rings. The summed E-state index contributed by atoms with van der Waals surface area (Å²) in [6.07, 6.45) is 7.54. The van der Waals surface area contributed by atoms with Crippen molar-refractivity contribution in [1.29, 1.82) is 0 Å². The molecule has 0 spiro atoms. The van der Waals surface area contributed by atoms with Crippen molar-refractivity contribution in [2.75, 3.05) is 6.61 Å². The number of allylic oxidation sites excluding steroid dienone is 2. The molecule has 4 aliphatic rings. The number of amides is 2. The Bertz CT molecular complexity index is 1190. The molecule has 1 saturated carbocycles. The second-order valence-electron chi connectivity index (χ2n) is 8.93. The highest BCUT2D eigenvalue weighted by Crippen LogP contribution is 2.49. The van der Waals surface area contributed by atoms with Crippen molar-refractivity contribution in [1.82, 2.24) is 5.01 Å². The fourth-order valence-electron chi connectivity index (χ4n) is 5.16. The summed E-state index contributed by atoms with van der Waals surface area (Å²) in [5.41, 5.74) is 1.46. The number of carbonyl (C=O) groups excluding carboxylic acids is 2. The molecule has 3 aliphatic carbocycles. The predicted molar refractivity (Wildman–Crippen MR) is 127 cm³/mol. The molecule has 2 bridgehead atoms. The molecular formula is C26H25N3O6. The highest BCUT2D eigenvalue weighted by atomic mass is 16.6. The van der Waals surface area contributed by atoms with Crippen LogP contribution in [0.4, 0.5) is 5.69 Å². The number of ether oxygens (including phenoxy) is 2. The van der Waals surface area contributed by atoms with Crippen LogP contribution in [0.1, 0.15) is 30.9 Å². The summed E-state index contributed by atoms with van der Waals surface area (Å²) in [6, 6.07) is 11.4. The van der Waals surface area contributed by atoms with Crippen LogP contribution in [0.15, 0.2) is 59.7 Å². The number of nitro benzene ring substituents is 1.